The van der Waals surface area contributed by atoms with Crippen LogP contribution in [0.4, 0.5) is 0 Å². The molecule has 0 spiro atoms. The van der Waals surface area contributed by atoms with Gasteiger partial charge >= 0.3 is 11.9 Å². The zero-order valence-electron chi connectivity index (χ0n) is 8.12. The molecule has 74 valence electrons. The molecule has 0 aliphatic heterocycles. The van der Waals surface area contributed by atoms with Crippen molar-refractivity contribution >= 4 is 11.9 Å². The molecule has 4 nitrogen and oxygen atoms in total. The van der Waals surface area contributed by atoms with Crippen LogP contribution in [0.5, 0.6) is 0 Å². The number of rotatable bonds is 3. The van der Waals surface area contributed by atoms with Crippen LogP contribution in [0.15, 0.2) is 0 Å². The molecule has 0 radical (unpaired) electrons. The Labute approximate surface area is 77.2 Å². The molecule has 0 aromatic rings. The Balaban J connectivity index is 2.53. The molecule has 0 amide bonds. The van der Waals surface area contributed by atoms with Crippen molar-refractivity contribution in [2.45, 2.75) is 32.3 Å². The van der Waals surface area contributed by atoms with Gasteiger partial charge in [-0.1, -0.05) is 13.8 Å². The van der Waals surface area contributed by atoms with Gasteiger partial charge in [0, 0.05) is 12.8 Å². The van der Waals surface area contributed by atoms with Crippen LogP contribution in [0.1, 0.15) is 26.7 Å². The third kappa shape index (κ3) is 1.99. The normalized spacial score (nSPS) is 18.2. The molecule has 0 heterocycles. The fourth-order valence-corrected chi connectivity index (χ4v) is 0.958. The summed E-state index contributed by atoms with van der Waals surface area (Å²) in [5.41, 5.74) is -0.948. The molecule has 0 aromatic carbocycles. The Hall–Kier alpha value is -1.06. The molecule has 0 atom stereocenters. The maximum absolute atomic E-state index is 11.2. The van der Waals surface area contributed by atoms with Gasteiger partial charge in [-0.15, -0.1) is 0 Å². The van der Waals surface area contributed by atoms with Crippen LogP contribution in [0.25, 0.3) is 0 Å². The first-order chi connectivity index (χ1) is 6.02. The van der Waals surface area contributed by atoms with Gasteiger partial charge in [-0.05, 0) is 0 Å². The Morgan fingerprint density at radius 3 is 2.15 bits per heavy atom. The van der Waals surface area contributed by atoms with E-state index < -0.39 is 11.6 Å². The van der Waals surface area contributed by atoms with Crippen molar-refractivity contribution in [1.82, 2.24) is 0 Å². The maximum Gasteiger partial charge on any atom is 0.350 e. The van der Waals surface area contributed by atoms with Crippen molar-refractivity contribution in [3.63, 3.8) is 0 Å². The minimum atomic E-state index is -0.948. The maximum atomic E-state index is 11.2. The number of methoxy groups -OCH3 is 1. The van der Waals surface area contributed by atoms with Gasteiger partial charge in [-0.3, -0.25) is 4.79 Å². The second-order valence-corrected chi connectivity index (χ2v) is 3.56. The lowest BCUT2D eigenvalue weighted by Crippen LogP contribution is -2.32. The van der Waals surface area contributed by atoms with Crippen molar-refractivity contribution < 1.29 is 19.1 Å². The third-order valence-corrected chi connectivity index (χ3v) is 2.03. The number of esters is 2. The molecule has 0 saturated heterocycles. The van der Waals surface area contributed by atoms with Gasteiger partial charge in [0.05, 0.1) is 13.0 Å². The number of carbonyl (C=O) groups is 2. The minimum Gasteiger partial charge on any atom is -0.466 e. The molecular weight excluding hydrogens is 172 g/mol. The number of carbonyl (C=O) groups excluding carboxylic acids is 2. The molecule has 13 heavy (non-hydrogen) atoms. The van der Waals surface area contributed by atoms with E-state index in [4.69, 9.17) is 4.74 Å². The fourth-order valence-electron chi connectivity index (χ4n) is 0.958. The van der Waals surface area contributed by atoms with Crippen molar-refractivity contribution in [2.75, 3.05) is 7.11 Å². The number of hydrogen-bond donors (Lipinski definition) is 0. The van der Waals surface area contributed by atoms with Crippen molar-refractivity contribution in [3.8, 4) is 0 Å². The van der Waals surface area contributed by atoms with E-state index in [0.29, 0.717) is 12.8 Å². The standard InChI is InChI=1S/C9H14O4/c1-6(2)7(10)13-9(4-5-9)8(11)12-3/h6H,4-5H2,1-3H3. The zero-order chi connectivity index (χ0) is 10.1. The fraction of sp³-hybridized carbons (Fsp3) is 0.778. The van der Waals surface area contributed by atoms with Crippen molar-refractivity contribution in [3.05, 3.63) is 0 Å². The van der Waals surface area contributed by atoms with Gasteiger partial charge < -0.3 is 9.47 Å². The summed E-state index contributed by atoms with van der Waals surface area (Å²) in [7, 11) is 1.30. The van der Waals surface area contributed by atoms with Crippen molar-refractivity contribution in [2.24, 2.45) is 5.92 Å². The van der Waals surface area contributed by atoms with Crippen LogP contribution >= 0.6 is 0 Å². The second kappa shape index (κ2) is 3.36. The van der Waals surface area contributed by atoms with Gasteiger partial charge in [-0.2, -0.15) is 0 Å². The highest BCUT2D eigenvalue weighted by molar-refractivity contribution is 5.86. The highest BCUT2D eigenvalue weighted by atomic mass is 16.6. The summed E-state index contributed by atoms with van der Waals surface area (Å²) < 4.78 is 9.59. The lowest BCUT2D eigenvalue weighted by molar-refractivity contribution is -0.171. The third-order valence-electron chi connectivity index (χ3n) is 2.03. The van der Waals surface area contributed by atoms with Gasteiger partial charge in [-0.25, -0.2) is 4.79 Å². The molecule has 0 bridgehead atoms. The SMILES string of the molecule is COC(=O)C1(OC(=O)C(C)C)CC1. The van der Waals surface area contributed by atoms with E-state index in [9.17, 15) is 9.59 Å². The van der Waals surface area contributed by atoms with Crippen LogP contribution in [-0.2, 0) is 19.1 Å². The molecule has 1 fully saturated rings. The van der Waals surface area contributed by atoms with E-state index >= 15 is 0 Å². The highest BCUT2D eigenvalue weighted by Gasteiger charge is 2.55. The predicted molar refractivity (Wildman–Crippen MR) is 44.9 cm³/mol. The largest absolute Gasteiger partial charge is 0.466 e. The summed E-state index contributed by atoms with van der Waals surface area (Å²) in [6, 6.07) is 0. The minimum absolute atomic E-state index is 0.206. The molecule has 0 unspecified atom stereocenters. The summed E-state index contributed by atoms with van der Waals surface area (Å²) in [6.45, 7) is 3.46. The second-order valence-electron chi connectivity index (χ2n) is 3.56. The Morgan fingerprint density at radius 2 is 1.85 bits per heavy atom. The van der Waals surface area contributed by atoms with Crippen molar-refractivity contribution in [1.29, 1.82) is 0 Å². The van der Waals surface area contributed by atoms with Gasteiger partial charge in [0.1, 0.15) is 0 Å². The molecular formula is C9H14O4. The van der Waals surface area contributed by atoms with Gasteiger partial charge in [0.15, 0.2) is 0 Å². The highest BCUT2D eigenvalue weighted by Crippen LogP contribution is 2.41. The summed E-state index contributed by atoms with van der Waals surface area (Å²) in [5, 5.41) is 0. The molecule has 1 rings (SSSR count). The number of hydrogen-bond acceptors (Lipinski definition) is 4. The van der Waals surface area contributed by atoms with Gasteiger partial charge in [0.2, 0.25) is 5.60 Å². The molecule has 0 N–H and O–H groups in total. The van der Waals surface area contributed by atoms with E-state index in [1.807, 2.05) is 0 Å². The first-order valence-electron chi connectivity index (χ1n) is 4.33. The topological polar surface area (TPSA) is 52.6 Å². The van der Waals surface area contributed by atoms with Crippen LogP contribution in [0, 0.1) is 5.92 Å². The van der Waals surface area contributed by atoms with E-state index in [0.717, 1.165) is 0 Å². The average Bonchev–Trinajstić information content (AvgIpc) is 2.84. The van der Waals surface area contributed by atoms with Crippen LogP contribution in [0.2, 0.25) is 0 Å². The first kappa shape index (κ1) is 10.0. The monoisotopic (exact) mass is 186 g/mol. The molecule has 4 heteroatoms. The number of ether oxygens (including phenoxy) is 2. The summed E-state index contributed by atoms with van der Waals surface area (Å²) in [6.07, 6.45) is 1.16. The first-order valence-corrected chi connectivity index (χ1v) is 4.33. The lowest BCUT2D eigenvalue weighted by Gasteiger charge is -2.15. The van der Waals surface area contributed by atoms with Gasteiger partial charge in [0.25, 0.3) is 0 Å². The molecule has 1 aliphatic carbocycles. The molecule has 0 aromatic heterocycles. The van der Waals surface area contributed by atoms with Crippen LogP contribution < -0.4 is 0 Å². The Bertz CT molecular complexity index is 228. The zero-order valence-corrected chi connectivity index (χ0v) is 8.12. The lowest BCUT2D eigenvalue weighted by atomic mass is 10.2. The predicted octanol–water partition coefficient (Wildman–Crippen LogP) is 0.891. The quantitative estimate of drug-likeness (QED) is 0.614. The van der Waals surface area contributed by atoms with Crippen LogP contribution in [0.3, 0.4) is 0 Å². The molecule has 1 aliphatic rings. The van der Waals surface area contributed by atoms with E-state index in [1.165, 1.54) is 7.11 Å². The Morgan fingerprint density at radius 1 is 1.31 bits per heavy atom. The molecule has 1 saturated carbocycles. The Kier molecular flexibility index (Phi) is 2.59. The summed E-state index contributed by atoms with van der Waals surface area (Å²) in [4.78, 5) is 22.3. The summed E-state index contributed by atoms with van der Waals surface area (Å²) in [5.74, 6) is -0.994. The van der Waals surface area contributed by atoms with E-state index in [2.05, 4.69) is 4.74 Å². The van der Waals surface area contributed by atoms with E-state index in [-0.39, 0.29) is 11.9 Å². The van der Waals surface area contributed by atoms with E-state index in [1.54, 1.807) is 13.8 Å². The van der Waals surface area contributed by atoms with Crippen LogP contribution in [-0.4, -0.2) is 24.6 Å². The average molecular weight is 186 g/mol. The smallest absolute Gasteiger partial charge is 0.350 e. The summed E-state index contributed by atoms with van der Waals surface area (Å²) >= 11 is 0.